The number of nitrogens with zero attached hydrogens (tertiary/aromatic N) is 3. The highest BCUT2D eigenvalue weighted by atomic mass is 16.5. The molecule has 0 saturated carbocycles. The van der Waals surface area contributed by atoms with Crippen molar-refractivity contribution in [2.24, 2.45) is 5.73 Å². The predicted molar refractivity (Wildman–Crippen MR) is 53.9 cm³/mol. The predicted octanol–water partition coefficient (Wildman–Crippen LogP) is 0.206. The Labute approximate surface area is 84.2 Å². The van der Waals surface area contributed by atoms with Crippen LogP contribution in [0.4, 0.5) is 0 Å². The largest absolute Gasteiger partial charge is 0.385 e. The highest BCUT2D eigenvalue weighted by Crippen LogP contribution is 1.98. The molecule has 0 aliphatic rings. The van der Waals surface area contributed by atoms with Crippen LogP contribution in [0.1, 0.15) is 18.5 Å². The average Bonchev–Trinajstić information content (AvgIpc) is 2.63. The standard InChI is InChI=1S/C9H18N4O/c1-14-7-3-6-13-8-9(11-12-13)4-2-5-10/h8H,2-7,10H2,1H3. The molecule has 14 heavy (non-hydrogen) atoms. The molecule has 0 saturated heterocycles. The van der Waals surface area contributed by atoms with Gasteiger partial charge in [-0.25, -0.2) is 0 Å². The van der Waals surface area contributed by atoms with E-state index in [-0.39, 0.29) is 0 Å². The molecular formula is C9H18N4O. The Morgan fingerprint density at radius 1 is 1.50 bits per heavy atom. The molecule has 0 amide bonds. The molecule has 80 valence electrons. The van der Waals surface area contributed by atoms with Gasteiger partial charge in [0, 0.05) is 26.5 Å². The first-order valence-corrected chi connectivity index (χ1v) is 4.95. The number of hydrogen-bond donors (Lipinski definition) is 1. The first-order valence-electron chi connectivity index (χ1n) is 4.95. The van der Waals surface area contributed by atoms with Crippen LogP contribution in [0.5, 0.6) is 0 Å². The molecule has 0 aromatic carbocycles. The van der Waals surface area contributed by atoms with Crippen LogP contribution in [0.2, 0.25) is 0 Å². The summed E-state index contributed by atoms with van der Waals surface area (Å²) in [5.74, 6) is 0. The molecule has 0 bridgehead atoms. The van der Waals surface area contributed by atoms with Crippen molar-refractivity contribution < 1.29 is 4.74 Å². The van der Waals surface area contributed by atoms with E-state index in [9.17, 15) is 0 Å². The number of aryl methyl sites for hydroxylation is 2. The minimum Gasteiger partial charge on any atom is -0.385 e. The van der Waals surface area contributed by atoms with Crippen molar-refractivity contribution in [1.29, 1.82) is 0 Å². The third-order valence-corrected chi connectivity index (χ3v) is 1.96. The highest BCUT2D eigenvalue weighted by Gasteiger charge is 1.99. The molecule has 0 atom stereocenters. The summed E-state index contributed by atoms with van der Waals surface area (Å²) in [6.45, 7) is 2.33. The van der Waals surface area contributed by atoms with E-state index < -0.39 is 0 Å². The van der Waals surface area contributed by atoms with Gasteiger partial charge in [0.1, 0.15) is 0 Å². The molecule has 0 aliphatic carbocycles. The zero-order valence-electron chi connectivity index (χ0n) is 8.65. The summed E-state index contributed by atoms with van der Waals surface area (Å²) in [5, 5.41) is 8.06. The topological polar surface area (TPSA) is 66.0 Å². The van der Waals surface area contributed by atoms with Crippen molar-refractivity contribution in [3.8, 4) is 0 Å². The van der Waals surface area contributed by atoms with Gasteiger partial charge < -0.3 is 10.5 Å². The average molecular weight is 198 g/mol. The lowest BCUT2D eigenvalue weighted by Gasteiger charge is -1.98. The van der Waals surface area contributed by atoms with Crippen LogP contribution in [-0.4, -0.2) is 35.3 Å². The number of methoxy groups -OCH3 is 1. The van der Waals surface area contributed by atoms with Crippen molar-refractivity contribution >= 4 is 0 Å². The van der Waals surface area contributed by atoms with Crippen LogP contribution in [0.3, 0.4) is 0 Å². The third-order valence-electron chi connectivity index (χ3n) is 1.96. The van der Waals surface area contributed by atoms with Crippen molar-refractivity contribution in [3.05, 3.63) is 11.9 Å². The zero-order valence-corrected chi connectivity index (χ0v) is 8.65. The summed E-state index contributed by atoms with van der Waals surface area (Å²) in [4.78, 5) is 0. The normalized spacial score (nSPS) is 10.7. The second-order valence-electron chi connectivity index (χ2n) is 3.21. The summed E-state index contributed by atoms with van der Waals surface area (Å²) in [7, 11) is 1.70. The third kappa shape index (κ3) is 3.85. The molecular weight excluding hydrogens is 180 g/mol. The van der Waals surface area contributed by atoms with Crippen LogP contribution in [0.25, 0.3) is 0 Å². The number of aromatic nitrogens is 3. The van der Waals surface area contributed by atoms with Crippen molar-refractivity contribution in [3.63, 3.8) is 0 Å². The fraction of sp³-hybridized carbons (Fsp3) is 0.778. The van der Waals surface area contributed by atoms with Crippen molar-refractivity contribution in [2.45, 2.75) is 25.8 Å². The highest BCUT2D eigenvalue weighted by molar-refractivity contribution is 4.92. The molecule has 0 unspecified atom stereocenters. The summed E-state index contributed by atoms with van der Waals surface area (Å²) in [6.07, 6.45) is 4.83. The van der Waals surface area contributed by atoms with Crippen LogP contribution >= 0.6 is 0 Å². The Bertz CT molecular complexity index is 249. The van der Waals surface area contributed by atoms with E-state index in [2.05, 4.69) is 10.3 Å². The van der Waals surface area contributed by atoms with Gasteiger partial charge in [-0.2, -0.15) is 0 Å². The Balaban J connectivity index is 2.27. The maximum Gasteiger partial charge on any atom is 0.0827 e. The maximum absolute atomic E-state index is 5.41. The molecule has 5 heteroatoms. The van der Waals surface area contributed by atoms with Crippen LogP contribution in [-0.2, 0) is 17.7 Å². The van der Waals surface area contributed by atoms with Gasteiger partial charge in [-0.05, 0) is 25.8 Å². The number of hydrogen-bond acceptors (Lipinski definition) is 4. The second-order valence-corrected chi connectivity index (χ2v) is 3.21. The van der Waals surface area contributed by atoms with E-state index in [4.69, 9.17) is 10.5 Å². The Hall–Kier alpha value is -0.940. The minimum atomic E-state index is 0.705. The quantitative estimate of drug-likeness (QED) is 0.636. The lowest BCUT2D eigenvalue weighted by atomic mass is 10.2. The summed E-state index contributed by atoms with van der Waals surface area (Å²) in [5.41, 5.74) is 6.43. The van der Waals surface area contributed by atoms with E-state index in [1.54, 1.807) is 7.11 Å². The number of nitrogens with two attached hydrogens (primary N) is 1. The summed E-state index contributed by atoms with van der Waals surface area (Å²) < 4.78 is 6.81. The molecule has 1 rings (SSSR count). The molecule has 0 aliphatic heterocycles. The van der Waals surface area contributed by atoms with Crippen LogP contribution in [0.15, 0.2) is 6.20 Å². The SMILES string of the molecule is COCCCn1cc(CCCN)nn1. The van der Waals surface area contributed by atoms with Crippen molar-refractivity contribution in [2.75, 3.05) is 20.3 Å². The van der Waals surface area contributed by atoms with E-state index in [0.29, 0.717) is 6.54 Å². The van der Waals surface area contributed by atoms with Gasteiger partial charge in [-0.1, -0.05) is 5.21 Å². The van der Waals surface area contributed by atoms with E-state index in [1.165, 1.54) is 0 Å². The minimum absolute atomic E-state index is 0.705. The number of ether oxygens (including phenoxy) is 1. The van der Waals surface area contributed by atoms with Gasteiger partial charge in [0.05, 0.1) is 5.69 Å². The Morgan fingerprint density at radius 3 is 3.07 bits per heavy atom. The summed E-state index contributed by atoms with van der Waals surface area (Å²) in [6, 6.07) is 0. The molecule has 2 N–H and O–H groups in total. The van der Waals surface area contributed by atoms with Crippen molar-refractivity contribution in [1.82, 2.24) is 15.0 Å². The lowest BCUT2D eigenvalue weighted by Crippen LogP contribution is -2.02. The molecule has 0 fully saturated rings. The van der Waals surface area contributed by atoms with Gasteiger partial charge in [-0.15, -0.1) is 5.10 Å². The first kappa shape index (κ1) is 11.1. The number of rotatable bonds is 7. The van der Waals surface area contributed by atoms with Gasteiger partial charge in [0.15, 0.2) is 0 Å². The molecule has 1 aromatic rings. The van der Waals surface area contributed by atoms with E-state index in [1.807, 2.05) is 10.9 Å². The van der Waals surface area contributed by atoms with Gasteiger partial charge >= 0.3 is 0 Å². The fourth-order valence-corrected chi connectivity index (χ4v) is 1.22. The molecule has 1 aromatic heterocycles. The van der Waals surface area contributed by atoms with Crippen LogP contribution < -0.4 is 5.73 Å². The molecule has 5 nitrogen and oxygen atoms in total. The monoisotopic (exact) mass is 198 g/mol. The Morgan fingerprint density at radius 2 is 2.36 bits per heavy atom. The van der Waals surface area contributed by atoms with E-state index in [0.717, 1.165) is 38.1 Å². The van der Waals surface area contributed by atoms with E-state index >= 15 is 0 Å². The maximum atomic E-state index is 5.41. The molecule has 0 radical (unpaired) electrons. The Kier molecular flexibility index (Phi) is 5.17. The first-order chi connectivity index (χ1) is 6.86. The van der Waals surface area contributed by atoms with Crippen LogP contribution in [0, 0.1) is 0 Å². The zero-order chi connectivity index (χ0) is 10.2. The summed E-state index contributed by atoms with van der Waals surface area (Å²) >= 11 is 0. The van der Waals surface area contributed by atoms with Gasteiger partial charge in [0.25, 0.3) is 0 Å². The lowest BCUT2D eigenvalue weighted by molar-refractivity contribution is 0.188. The molecule has 0 spiro atoms. The van der Waals surface area contributed by atoms with Gasteiger partial charge in [-0.3, -0.25) is 4.68 Å². The molecule has 1 heterocycles. The van der Waals surface area contributed by atoms with Gasteiger partial charge in [0.2, 0.25) is 0 Å². The fourth-order valence-electron chi connectivity index (χ4n) is 1.22. The second kappa shape index (κ2) is 6.50. The smallest absolute Gasteiger partial charge is 0.0827 e.